The molecule has 40 heavy (non-hydrogen) atoms. The molecule has 1 heterocycles. The van der Waals surface area contributed by atoms with E-state index in [4.69, 9.17) is 0 Å². The third-order valence-corrected chi connectivity index (χ3v) is 10.4. The van der Waals surface area contributed by atoms with E-state index in [1.54, 1.807) is 17.8 Å². The number of phenolic OH excluding ortho intramolecular Hbond substituents is 1. The van der Waals surface area contributed by atoms with Gasteiger partial charge in [-0.2, -0.15) is 0 Å². The molecule has 4 aromatic rings. The standard InChI is InChI=1S/C37H33NOS/c1-3-37(4-2)18-17-24-14-16-31-28-10-6-5-9-25(28)19-32(36(31)33(24)21-37)29-11-7-8-12-30(29)35-23-38-22-26-13-15-27(39)20-34(26)40-35/h5-17,19-20,22-23,32,39H,3-4,18,21H2,1-2H3. The van der Waals surface area contributed by atoms with Crippen LogP contribution < -0.4 is 10.4 Å². The number of aliphatic imine (C=N–C) groups is 1. The summed E-state index contributed by atoms with van der Waals surface area (Å²) in [6, 6.07) is 27.9. The number of phenols is 1. The van der Waals surface area contributed by atoms with Gasteiger partial charge in [-0.1, -0.05) is 98.4 Å². The van der Waals surface area contributed by atoms with Crippen molar-refractivity contribution in [3.63, 3.8) is 0 Å². The van der Waals surface area contributed by atoms with Crippen molar-refractivity contribution in [3.05, 3.63) is 134 Å². The van der Waals surface area contributed by atoms with Crippen LogP contribution >= 0.6 is 11.8 Å². The molecule has 1 aliphatic heterocycles. The van der Waals surface area contributed by atoms with E-state index >= 15 is 0 Å². The number of thioether (sulfide) groups is 1. The van der Waals surface area contributed by atoms with Gasteiger partial charge in [-0.15, -0.1) is 0 Å². The van der Waals surface area contributed by atoms with Crippen molar-refractivity contribution in [1.82, 2.24) is 0 Å². The Morgan fingerprint density at radius 1 is 0.900 bits per heavy atom. The molecule has 2 nitrogen and oxygen atoms in total. The molecule has 0 aromatic heterocycles. The number of hydrogen-bond acceptors (Lipinski definition) is 3. The van der Waals surface area contributed by atoms with Crippen molar-refractivity contribution in [2.75, 3.05) is 0 Å². The lowest BCUT2D eigenvalue weighted by atomic mass is 9.68. The lowest BCUT2D eigenvalue weighted by Gasteiger charge is -2.36. The molecule has 0 spiro atoms. The van der Waals surface area contributed by atoms with Crippen molar-refractivity contribution in [1.29, 1.82) is 0 Å². The van der Waals surface area contributed by atoms with Crippen LogP contribution in [0, 0.1) is 15.9 Å². The van der Waals surface area contributed by atoms with Crippen molar-refractivity contribution in [2.24, 2.45) is 10.4 Å². The van der Waals surface area contributed by atoms with E-state index in [9.17, 15) is 5.11 Å². The quantitative estimate of drug-likeness (QED) is 0.289. The summed E-state index contributed by atoms with van der Waals surface area (Å²) < 4.78 is 0. The first-order valence-electron chi connectivity index (χ1n) is 14.4. The average Bonchev–Trinajstić information content (AvgIpc) is 3.22. The Morgan fingerprint density at radius 3 is 2.60 bits per heavy atom. The zero-order valence-electron chi connectivity index (χ0n) is 23.0. The number of aromatic hydroxyl groups is 1. The number of fused-ring (bicyclic) bond motifs is 5. The first kappa shape index (κ1) is 25.2. The van der Waals surface area contributed by atoms with E-state index in [1.807, 2.05) is 24.5 Å². The molecule has 2 aliphatic carbocycles. The minimum absolute atomic E-state index is 0.131. The van der Waals surface area contributed by atoms with Crippen LogP contribution in [0.5, 0.6) is 5.75 Å². The van der Waals surface area contributed by atoms with Gasteiger partial charge in [-0.3, -0.25) is 4.99 Å². The maximum Gasteiger partial charge on any atom is 0.116 e. The fraction of sp³-hybridized carbons (Fsp3) is 0.216. The van der Waals surface area contributed by atoms with E-state index < -0.39 is 0 Å². The molecule has 0 amide bonds. The van der Waals surface area contributed by atoms with Gasteiger partial charge in [0.05, 0.1) is 0 Å². The van der Waals surface area contributed by atoms with Gasteiger partial charge >= 0.3 is 0 Å². The van der Waals surface area contributed by atoms with Gasteiger partial charge in [0.1, 0.15) is 5.75 Å². The molecule has 0 saturated heterocycles. The Kier molecular flexibility index (Phi) is 6.28. The zero-order chi connectivity index (χ0) is 27.3. The van der Waals surface area contributed by atoms with Crippen LogP contribution in [0.15, 0.2) is 95.0 Å². The maximum atomic E-state index is 10.2. The molecule has 7 rings (SSSR count). The SMILES string of the molecule is CCC1(CC)CC=c2ccc3c(c2C1)C(c1ccccc1C1=CN=Cc2ccc(O)cc2S1)C=c1ccccc1=3. The monoisotopic (exact) mass is 539 g/mol. The molecule has 0 saturated carbocycles. The average molecular weight is 540 g/mol. The van der Waals surface area contributed by atoms with Crippen LogP contribution in [0.3, 0.4) is 0 Å². The summed E-state index contributed by atoms with van der Waals surface area (Å²) in [6.45, 7) is 4.72. The van der Waals surface area contributed by atoms with E-state index in [2.05, 4.69) is 91.7 Å². The van der Waals surface area contributed by atoms with Crippen molar-refractivity contribution < 1.29 is 5.11 Å². The molecule has 3 aliphatic rings. The number of rotatable bonds is 4. The lowest BCUT2D eigenvalue weighted by Crippen LogP contribution is -2.32. The van der Waals surface area contributed by atoms with Gasteiger partial charge in [0.25, 0.3) is 0 Å². The third-order valence-electron chi connectivity index (χ3n) is 9.29. The summed E-state index contributed by atoms with van der Waals surface area (Å²) >= 11 is 1.68. The molecule has 1 atom stereocenters. The third kappa shape index (κ3) is 4.15. The first-order chi connectivity index (χ1) is 19.6. The van der Waals surface area contributed by atoms with Crippen LogP contribution in [0.2, 0.25) is 0 Å². The van der Waals surface area contributed by atoms with Gasteiger partial charge in [0.2, 0.25) is 0 Å². The highest BCUT2D eigenvalue weighted by atomic mass is 32.2. The maximum absolute atomic E-state index is 10.2. The number of benzene rings is 4. The fourth-order valence-corrected chi connectivity index (χ4v) is 7.85. The highest BCUT2D eigenvalue weighted by Gasteiger charge is 2.32. The van der Waals surface area contributed by atoms with Crippen LogP contribution in [0.25, 0.3) is 17.1 Å². The second kappa shape index (κ2) is 9.98. The van der Waals surface area contributed by atoms with E-state index in [0.29, 0.717) is 5.41 Å². The molecule has 0 fully saturated rings. The van der Waals surface area contributed by atoms with Gasteiger partial charge in [-0.25, -0.2) is 0 Å². The van der Waals surface area contributed by atoms with E-state index in [0.717, 1.165) is 28.2 Å². The smallest absolute Gasteiger partial charge is 0.116 e. The highest BCUT2D eigenvalue weighted by molar-refractivity contribution is 8.08. The number of hydrogen-bond donors (Lipinski definition) is 1. The molecule has 198 valence electrons. The van der Waals surface area contributed by atoms with Gasteiger partial charge in [0.15, 0.2) is 0 Å². The Hall–Kier alpha value is -3.82. The van der Waals surface area contributed by atoms with Gasteiger partial charge < -0.3 is 5.11 Å². The number of nitrogens with zero attached hydrogens (tertiary/aromatic N) is 1. The molecule has 0 radical (unpaired) electrons. The predicted molar refractivity (Wildman–Crippen MR) is 168 cm³/mol. The molecule has 0 bridgehead atoms. The summed E-state index contributed by atoms with van der Waals surface area (Å²) in [6.07, 6.45) is 13.5. The Bertz CT molecular complexity index is 1930. The first-order valence-corrected chi connectivity index (χ1v) is 15.2. The summed E-state index contributed by atoms with van der Waals surface area (Å²) in [7, 11) is 0. The Labute approximate surface area is 239 Å². The topological polar surface area (TPSA) is 32.6 Å². The van der Waals surface area contributed by atoms with Crippen LogP contribution in [0.1, 0.15) is 66.8 Å². The second-order valence-electron chi connectivity index (χ2n) is 11.3. The second-order valence-corrected chi connectivity index (χ2v) is 12.4. The van der Waals surface area contributed by atoms with E-state index in [-0.39, 0.29) is 11.7 Å². The summed E-state index contributed by atoms with van der Waals surface area (Å²) in [5.41, 5.74) is 6.83. The lowest BCUT2D eigenvalue weighted by molar-refractivity contribution is 0.264. The predicted octanol–water partition coefficient (Wildman–Crippen LogP) is 7.66. The van der Waals surface area contributed by atoms with Crippen molar-refractivity contribution in [3.8, 4) is 5.75 Å². The van der Waals surface area contributed by atoms with Crippen LogP contribution in [-0.4, -0.2) is 11.3 Å². The van der Waals surface area contributed by atoms with Crippen LogP contribution in [0.4, 0.5) is 0 Å². The summed E-state index contributed by atoms with van der Waals surface area (Å²) in [5.74, 6) is 0.407. The normalized spacial score (nSPS) is 18.1. The Balaban J connectivity index is 1.46. The minimum atomic E-state index is 0.131. The fourth-order valence-electron chi connectivity index (χ4n) is 6.78. The minimum Gasteiger partial charge on any atom is -0.508 e. The van der Waals surface area contributed by atoms with Crippen molar-refractivity contribution >= 4 is 35.0 Å². The van der Waals surface area contributed by atoms with Crippen LogP contribution in [-0.2, 0) is 6.42 Å². The van der Waals surface area contributed by atoms with Gasteiger partial charge in [-0.05, 0) is 92.4 Å². The van der Waals surface area contributed by atoms with Gasteiger partial charge in [0, 0.05) is 33.7 Å². The summed E-state index contributed by atoms with van der Waals surface area (Å²) in [4.78, 5) is 6.79. The van der Waals surface area contributed by atoms with E-state index in [1.165, 1.54) is 56.0 Å². The zero-order valence-corrected chi connectivity index (χ0v) is 23.8. The molecule has 4 aromatic carbocycles. The Morgan fingerprint density at radius 2 is 1.73 bits per heavy atom. The molecular weight excluding hydrogens is 506 g/mol. The molecule has 1 unspecified atom stereocenters. The summed E-state index contributed by atoms with van der Waals surface area (Å²) in [5, 5.41) is 15.6. The molecule has 1 N–H and O–H groups in total. The molecular formula is C37H33NOS. The molecule has 3 heteroatoms. The largest absolute Gasteiger partial charge is 0.508 e. The van der Waals surface area contributed by atoms with Crippen molar-refractivity contribution in [2.45, 2.75) is 50.3 Å². The highest BCUT2D eigenvalue weighted by Crippen LogP contribution is 2.45.